The monoisotopic (exact) mass is 703 g/mol. The van der Waals surface area contributed by atoms with Crippen molar-refractivity contribution < 1.29 is 1.33 Å². The molecule has 5 heavy (non-hydrogen) atoms. The number of hydrogen-bond acceptors (Lipinski definition) is 0. The zero-order chi connectivity index (χ0) is 4.50. The average molecular weight is 703 g/mol. The van der Waals surface area contributed by atoms with E-state index in [1.807, 2.05) is 0 Å². The van der Waals surface area contributed by atoms with Crippen molar-refractivity contribution in [3.8, 4) is 0 Å². The van der Waals surface area contributed by atoms with Gasteiger partial charge >= 0.3 is 78.7 Å². The number of hydrogen-bond donors (Lipinski definition) is 0. The van der Waals surface area contributed by atoms with E-state index in [9.17, 15) is 0 Å². The molecule has 0 unspecified atom stereocenters. The van der Waals surface area contributed by atoms with Crippen LogP contribution in [-0.4, -0.2) is 0 Å². The molecule has 0 aromatic carbocycles. The van der Waals surface area contributed by atoms with Crippen LogP contribution in [0.15, 0.2) is 0 Å². The van der Waals surface area contributed by atoms with Gasteiger partial charge in [0.1, 0.15) is 0 Å². The van der Waals surface area contributed by atoms with Gasteiger partial charge in [-0.05, 0) is 0 Å². The molecule has 0 aliphatic heterocycles. The van der Waals surface area contributed by atoms with Crippen molar-refractivity contribution in [3.05, 3.63) is 0 Å². The normalized spacial score (nSPS) is 15.2. The molecular formula is I4Pt+2. The molecule has 0 fully saturated rings. The van der Waals surface area contributed by atoms with Crippen LogP contribution in [0.1, 0.15) is 0 Å². The summed E-state index contributed by atoms with van der Waals surface area (Å²) in [6.07, 6.45) is 0. The fourth-order valence-electron chi connectivity index (χ4n) is 0. The summed E-state index contributed by atoms with van der Waals surface area (Å²) >= 11 is 10.1. The van der Waals surface area contributed by atoms with Crippen LogP contribution < -0.4 is 0 Å². The van der Waals surface area contributed by atoms with E-state index in [1.165, 1.54) is 0 Å². The zero-order valence-electron chi connectivity index (χ0n) is 1.83. The van der Waals surface area contributed by atoms with Crippen LogP contribution in [0, 0.1) is 0 Å². The van der Waals surface area contributed by atoms with Gasteiger partial charge in [0.2, 0.25) is 0 Å². The molecule has 5 heteroatoms. The standard InChI is InChI=1S/4HI.Pt/h4*1H;/q;;;;+6/p-4. The van der Waals surface area contributed by atoms with Crippen LogP contribution in [0.25, 0.3) is 0 Å². The SMILES string of the molecule is [I][Pt+2]([I])([I])[I]. The molecule has 0 aromatic rings. The first-order valence-corrected chi connectivity index (χ1v) is 26.3. The Kier molecular flexibility index (Phi) is 6.20. The van der Waals surface area contributed by atoms with Gasteiger partial charge in [-0.3, -0.25) is 0 Å². The molecule has 0 rings (SSSR count). The second-order valence-corrected chi connectivity index (χ2v) is 99.8. The van der Waals surface area contributed by atoms with Crippen LogP contribution in [0.5, 0.6) is 0 Å². The van der Waals surface area contributed by atoms with Gasteiger partial charge in [-0.25, -0.2) is 0 Å². The first kappa shape index (κ1) is 8.61. The van der Waals surface area contributed by atoms with Gasteiger partial charge in [0, 0.05) is 0 Å². The van der Waals surface area contributed by atoms with Gasteiger partial charge in [-0.2, -0.15) is 0 Å². The molecule has 0 amide bonds. The summed E-state index contributed by atoms with van der Waals surface area (Å²) < 4.78 is -1.06. The summed E-state index contributed by atoms with van der Waals surface area (Å²) in [5.41, 5.74) is 0. The molecule has 0 aliphatic rings. The summed E-state index contributed by atoms with van der Waals surface area (Å²) in [4.78, 5) is 0. The van der Waals surface area contributed by atoms with Crippen molar-refractivity contribution in [2.24, 2.45) is 0 Å². The Morgan fingerprint density at radius 2 is 0.800 bits per heavy atom. The summed E-state index contributed by atoms with van der Waals surface area (Å²) in [5, 5.41) is 0. The molecule has 0 saturated carbocycles. The first-order chi connectivity index (χ1) is 2.00. The minimum absolute atomic E-state index is 1.06. The van der Waals surface area contributed by atoms with Gasteiger partial charge in [0.05, 0.1) is 0 Å². The van der Waals surface area contributed by atoms with Crippen LogP contribution in [0.4, 0.5) is 0 Å². The molecule has 0 N–H and O–H groups in total. The van der Waals surface area contributed by atoms with Crippen molar-refractivity contribution in [1.82, 2.24) is 0 Å². The Labute approximate surface area is 76.1 Å². The quantitative estimate of drug-likeness (QED) is 0.340. The van der Waals surface area contributed by atoms with Gasteiger partial charge in [0.25, 0.3) is 0 Å². The van der Waals surface area contributed by atoms with Crippen LogP contribution in [0.3, 0.4) is 0 Å². The average Bonchev–Trinajstić information content (AvgIpc) is 0.722. The maximum absolute atomic E-state index is 2.52. The van der Waals surface area contributed by atoms with Crippen molar-refractivity contribution >= 4 is 77.4 Å². The van der Waals surface area contributed by atoms with Crippen LogP contribution in [0.2, 0.25) is 0 Å². The van der Waals surface area contributed by atoms with E-state index in [0.29, 0.717) is 0 Å². The van der Waals surface area contributed by atoms with E-state index >= 15 is 0 Å². The molecule has 0 spiro atoms. The molecule has 0 saturated heterocycles. The molecule has 36 valence electrons. The fraction of sp³-hybridized carbons (Fsp3) is 0. The second-order valence-electron chi connectivity index (χ2n) is 0.271. The Bertz CT molecular complexity index is 19.1. The van der Waals surface area contributed by atoms with E-state index < -0.39 is 1.33 Å². The summed E-state index contributed by atoms with van der Waals surface area (Å²) in [6, 6.07) is 0. The molecular weight excluding hydrogens is 703 g/mol. The molecule has 0 bridgehead atoms. The van der Waals surface area contributed by atoms with E-state index in [0.717, 1.165) is 0 Å². The fourth-order valence-corrected chi connectivity index (χ4v) is 0. The summed E-state index contributed by atoms with van der Waals surface area (Å²) in [6.45, 7) is 0. The van der Waals surface area contributed by atoms with Crippen molar-refractivity contribution in [2.75, 3.05) is 0 Å². The third kappa shape index (κ3) is 18.4. The Hall–Kier alpha value is 3.61. The van der Waals surface area contributed by atoms with Gasteiger partial charge in [0.15, 0.2) is 0 Å². The first-order valence-electron chi connectivity index (χ1n) is 0.478. The van der Waals surface area contributed by atoms with E-state index in [2.05, 4.69) is 77.4 Å². The summed E-state index contributed by atoms with van der Waals surface area (Å²) in [5.74, 6) is 0. The van der Waals surface area contributed by atoms with E-state index in [-0.39, 0.29) is 0 Å². The minimum atomic E-state index is -1.06. The predicted molar refractivity (Wildman–Crippen MR) is 56.1 cm³/mol. The predicted octanol–water partition coefficient (Wildman–Crippen LogP) is 3.54. The Morgan fingerprint density at radius 3 is 0.800 bits per heavy atom. The Morgan fingerprint density at radius 1 is 0.800 bits per heavy atom. The molecule has 0 nitrogen and oxygen atoms in total. The third-order valence-corrected chi connectivity index (χ3v) is 0. The number of halogens is 4. The number of rotatable bonds is 0. The van der Waals surface area contributed by atoms with Gasteiger partial charge in [-0.15, -0.1) is 0 Å². The van der Waals surface area contributed by atoms with Crippen LogP contribution in [-0.2, 0) is 1.33 Å². The van der Waals surface area contributed by atoms with Gasteiger partial charge in [-0.1, -0.05) is 0 Å². The summed E-state index contributed by atoms with van der Waals surface area (Å²) in [7, 11) is 0. The molecule has 0 aliphatic carbocycles. The molecule has 0 radical (unpaired) electrons. The van der Waals surface area contributed by atoms with E-state index in [1.54, 1.807) is 0 Å². The van der Waals surface area contributed by atoms with E-state index in [4.69, 9.17) is 0 Å². The zero-order valence-corrected chi connectivity index (χ0v) is 12.7. The van der Waals surface area contributed by atoms with Crippen molar-refractivity contribution in [3.63, 3.8) is 0 Å². The van der Waals surface area contributed by atoms with Crippen molar-refractivity contribution in [2.45, 2.75) is 0 Å². The maximum atomic E-state index is 2.52. The van der Waals surface area contributed by atoms with Crippen LogP contribution >= 0.6 is 77.4 Å². The van der Waals surface area contributed by atoms with Crippen molar-refractivity contribution in [1.29, 1.82) is 0 Å². The molecule has 0 aromatic heterocycles. The molecule has 0 atom stereocenters. The topological polar surface area (TPSA) is 0 Å². The second kappa shape index (κ2) is 3.60. The van der Waals surface area contributed by atoms with Gasteiger partial charge < -0.3 is 0 Å². The Balaban J connectivity index is 3.02. The molecule has 0 heterocycles. The third-order valence-electron chi connectivity index (χ3n) is 0.